The van der Waals surface area contributed by atoms with Crippen LogP contribution in [0.25, 0.3) is 0 Å². The summed E-state index contributed by atoms with van der Waals surface area (Å²) in [6.07, 6.45) is -0.359. The topological polar surface area (TPSA) is 38.7 Å². The Labute approximate surface area is 78.7 Å². The van der Waals surface area contributed by atoms with Crippen LogP contribution in [0, 0.1) is 4.91 Å². The van der Waals surface area contributed by atoms with Crippen LogP contribution in [-0.4, -0.2) is 6.61 Å². The lowest BCUT2D eigenvalue weighted by Gasteiger charge is -2.25. The van der Waals surface area contributed by atoms with Gasteiger partial charge in [-0.1, -0.05) is 0 Å². The van der Waals surface area contributed by atoms with E-state index in [2.05, 4.69) is 5.18 Å². The summed E-state index contributed by atoms with van der Waals surface area (Å²) >= 11 is 0. The molecule has 0 spiro atoms. The first-order chi connectivity index (χ1) is 6.63. The molecule has 3 nitrogen and oxygen atoms in total. The Morgan fingerprint density at radius 3 is 2.93 bits per heavy atom. The molecule has 0 bridgehead atoms. The molecule has 0 fully saturated rings. The molecule has 0 unspecified atom stereocenters. The van der Waals surface area contributed by atoms with Gasteiger partial charge in [0.05, 0.1) is 18.6 Å². The minimum atomic E-state index is -2.92. The Morgan fingerprint density at radius 1 is 1.43 bits per heavy atom. The fourth-order valence-corrected chi connectivity index (χ4v) is 1.41. The largest absolute Gasteiger partial charge is 0.493 e. The third-order valence-electron chi connectivity index (χ3n) is 2.14. The van der Waals surface area contributed by atoms with Gasteiger partial charge >= 0.3 is 0 Å². The molecule has 14 heavy (non-hydrogen) atoms. The van der Waals surface area contributed by atoms with Crippen molar-refractivity contribution in [1.29, 1.82) is 0 Å². The number of ether oxygens (including phenoxy) is 1. The predicted octanol–water partition coefficient (Wildman–Crippen LogP) is 2.96. The Bertz CT molecular complexity index is 379. The molecule has 74 valence electrons. The van der Waals surface area contributed by atoms with Crippen LogP contribution in [0.5, 0.6) is 5.75 Å². The van der Waals surface area contributed by atoms with Crippen LogP contribution < -0.4 is 4.74 Å². The summed E-state index contributed by atoms with van der Waals surface area (Å²) in [7, 11) is 0. The fraction of sp³-hybridized carbons (Fsp3) is 0.333. The Hall–Kier alpha value is -1.52. The third-order valence-corrected chi connectivity index (χ3v) is 2.14. The zero-order valence-electron chi connectivity index (χ0n) is 7.17. The minimum absolute atomic E-state index is 0.00562. The number of fused-ring (bicyclic) bond motifs is 1. The summed E-state index contributed by atoms with van der Waals surface area (Å²) in [6, 6.07) is 3.77. The van der Waals surface area contributed by atoms with E-state index >= 15 is 0 Å². The molecule has 1 aromatic carbocycles. The summed E-state index contributed by atoms with van der Waals surface area (Å²) in [4.78, 5) is 10.2. The lowest BCUT2D eigenvalue weighted by atomic mass is 10.0. The first-order valence-corrected chi connectivity index (χ1v) is 4.12. The highest BCUT2D eigenvalue weighted by atomic mass is 19.3. The zero-order valence-corrected chi connectivity index (χ0v) is 7.17. The van der Waals surface area contributed by atoms with E-state index in [4.69, 9.17) is 4.74 Å². The van der Waals surface area contributed by atoms with Crippen molar-refractivity contribution in [3.05, 3.63) is 28.7 Å². The maximum atomic E-state index is 13.3. The molecule has 0 atom stereocenters. The number of alkyl halides is 2. The van der Waals surface area contributed by atoms with Crippen molar-refractivity contribution in [3.63, 3.8) is 0 Å². The van der Waals surface area contributed by atoms with E-state index in [0.717, 1.165) is 6.07 Å². The fourth-order valence-electron chi connectivity index (χ4n) is 1.41. The zero-order chi connectivity index (χ0) is 10.2. The van der Waals surface area contributed by atoms with Crippen LogP contribution in [0.4, 0.5) is 14.5 Å². The molecule has 1 aliphatic heterocycles. The van der Waals surface area contributed by atoms with E-state index in [9.17, 15) is 13.7 Å². The molecule has 2 rings (SSSR count). The van der Waals surface area contributed by atoms with Crippen molar-refractivity contribution in [3.8, 4) is 5.75 Å². The standard InChI is InChI=1S/C9H7F2NO2/c10-9(11)3-4-14-8-2-1-6(12-13)5-7(8)9/h1-2,5H,3-4H2. The van der Waals surface area contributed by atoms with E-state index in [0.29, 0.717) is 0 Å². The normalized spacial score (nSPS) is 18.1. The maximum Gasteiger partial charge on any atom is 0.280 e. The van der Waals surface area contributed by atoms with Crippen molar-refractivity contribution in [2.75, 3.05) is 6.61 Å². The highest BCUT2D eigenvalue weighted by Crippen LogP contribution is 2.42. The Kier molecular flexibility index (Phi) is 1.94. The van der Waals surface area contributed by atoms with Gasteiger partial charge < -0.3 is 4.74 Å². The van der Waals surface area contributed by atoms with Gasteiger partial charge in [-0.2, -0.15) is 0 Å². The van der Waals surface area contributed by atoms with Gasteiger partial charge in [0.2, 0.25) is 0 Å². The van der Waals surface area contributed by atoms with Crippen molar-refractivity contribution < 1.29 is 13.5 Å². The van der Waals surface area contributed by atoms with Gasteiger partial charge in [0.25, 0.3) is 5.92 Å². The molecule has 1 heterocycles. The van der Waals surface area contributed by atoms with Gasteiger partial charge in [0.1, 0.15) is 11.4 Å². The number of benzene rings is 1. The molecule has 0 N–H and O–H groups in total. The van der Waals surface area contributed by atoms with Crippen LogP contribution in [0.15, 0.2) is 23.4 Å². The van der Waals surface area contributed by atoms with Gasteiger partial charge in [-0.3, -0.25) is 0 Å². The average Bonchev–Trinajstić information content (AvgIpc) is 2.17. The number of halogens is 2. The number of hydrogen-bond donors (Lipinski definition) is 0. The first-order valence-electron chi connectivity index (χ1n) is 4.12. The molecule has 1 aliphatic rings. The van der Waals surface area contributed by atoms with Crippen LogP contribution in [0.1, 0.15) is 12.0 Å². The average molecular weight is 199 g/mol. The first kappa shape index (κ1) is 9.05. The van der Waals surface area contributed by atoms with E-state index in [1.807, 2.05) is 0 Å². The third kappa shape index (κ3) is 1.34. The van der Waals surface area contributed by atoms with E-state index in [1.54, 1.807) is 0 Å². The number of nitrogens with zero attached hydrogens (tertiary/aromatic N) is 1. The molecule has 0 saturated carbocycles. The van der Waals surface area contributed by atoms with E-state index in [1.165, 1.54) is 12.1 Å². The van der Waals surface area contributed by atoms with Gasteiger partial charge in [-0.25, -0.2) is 8.78 Å². The number of nitroso groups, excluding NO2 is 1. The van der Waals surface area contributed by atoms with Crippen LogP contribution in [0.3, 0.4) is 0 Å². The van der Waals surface area contributed by atoms with E-state index in [-0.39, 0.29) is 30.0 Å². The maximum absolute atomic E-state index is 13.3. The molecule has 0 aromatic heterocycles. The highest BCUT2D eigenvalue weighted by Gasteiger charge is 2.38. The summed E-state index contributed by atoms with van der Waals surface area (Å²) in [6.45, 7) is -0.00609. The SMILES string of the molecule is O=Nc1ccc2c(c1)C(F)(F)CCO2. The molecule has 0 radical (unpaired) electrons. The predicted molar refractivity (Wildman–Crippen MR) is 45.9 cm³/mol. The summed E-state index contributed by atoms with van der Waals surface area (Å²) < 4.78 is 31.6. The second-order valence-electron chi connectivity index (χ2n) is 3.07. The minimum Gasteiger partial charge on any atom is -0.493 e. The molecular weight excluding hydrogens is 192 g/mol. The van der Waals surface area contributed by atoms with Crippen molar-refractivity contribution in [2.24, 2.45) is 5.18 Å². The van der Waals surface area contributed by atoms with Crippen molar-refractivity contribution in [1.82, 2.24) is 0 Å². The molecule has 1 aromatic rings. The summed E-state index contributed by atoms with van der Waals surface area (Å²) in [5, 5.41) is 2.61. The molecule has 0 amide bonds. The molecular formula is C9H7F2NO2. The smallest absolute Gasteiger partial charge is 0.280 e. The molecule has 0 aliphatic carbocycles. The van der Waals surface area contributed by atoms with E-state index < -0.39 is 5.92 Å². The molecule has 0 saturated heterocycles. The Morgan fingerprint density at radius 2 is 2.21 bits per heavy atom. The lowest BCUT2D eigenvalue weighted by Crippen LogP contribution is -2.23. The quantitative estimate of drug-likeness (QED) is 0.652. The monoisotopic (exact) mass is 199 g/mol. The molecule has 5 heteroatoms. The van der Waals surface area contributed by atoms with Gasteiger partial charge in [0.15, 0.2) is 0 Å². The van der Waals surface area contributed by atoms with Gasteiger partial charge in [-0.15, -0.1) is 4.91 Å². The van der Waals surface area contributed by atoms with Gasteiger partial charge in [0, 0.05) is 0 Å². The van der Waals surface area contributed by atoms with Crippen molar-refractivity contribution in [2.45, 2.75) is 12.3 Å². The van der Waals surface area contributed by atoms with Crippen LogP contribution in [0.2, 0.25) is 0 Å². The highest BCUT2D eigenvalue weighted by molar-refractivity contribution is 5.49. The summed E-state index contributed by atoms with van der Waals surface area (Å²) in [5.41, 5.74) is -0.255. The van der Waals surface area contributed by atoms with Crippen LogP contribution >= 0.6 is 0 Å². The van der Waals surface area contributed by atoms with Crippen LogP contribution in [-0.2, 0) is 5.92 Å². The lowest BCUT2D eigenvalue weighted by molar-refractivity contribution is -0.0404. The van der Waals surface area contributed by atoms with Crippen molar-refractivity contribution >= 4 is 5.69 Å². The Balaban J connectivity index is 2.54. The number of hydrogen-bond acceptors (Lipinski definition) is 3. The second-order valence-corrected chi connectivity index (χ2v) is 3.07. The number of rotatable bonds is 1. The van der Waals surface area contributed by atoms with Gasteiger partial charge in [-0.05, 0) is 23.4 Å². The summed E-state index contributed by atoms with van der Waals surface area (Å²) in [5.74, 6) is -2.79. The second kappa shape index (κ2) is 3.01.